The zero-order valence-corrected chi connectivity index (χ0v) is 16.7. The normalized spacial score (nSPS) is 11.0. The molecule has 0 atom stereocenters. The van der Waals surface area contributed by atoms with Gasteiger partial charge in [0.15, 0.2) is 5.58 Å². The molecule has 0 fully saturated rings. The molecule has 1 heterocycles. The van der Waals surface area contributed by atoms with Crippen molar-refractivity contribution in [2.24, 2.45) is 0 Å². The van der Waals surface area contributed by atoms with Gasteiger partial charge in [-0.15, -0.1) is 0 Å². The summed E-state index contributed by atoms with van der Waals surface area (Å²) in [6.07, 6.45) is 0. The Bertz CT molecular complexity index is 1210. The van der Waals surface area contributed by atoms with Gasteiger partial charge in [0.2, 0.25) is 5.89 Å². The predicted molar refractivity (Wildman–Crippen MR) is 113 cm³/mol. The van der Waals surface area contributed by atoms with E-state index in [9.17, 15) is 4.79 Å². The number of rotatable bonds is 3. The summed E-state index contributed by atoms with van der Waals surface area (Å²) in [5.74, 6) is 0.123. The van der Waals surface area contributed by atoms with Crippen LogP contribution in [0.1, 0.15) is 21.5 Å². The van der Waals surface area contributed by atoms with Gasteiger partial charge in [0.1, 0.15) is 5.52 Å². The number of halogens is 2. The van der Waals surface area contributed by atoms with Crippen LogP contribution in [0, 0.1) is 13.8 Å². The van der Waals surface area contributed by atoms with Gasteiger partial charge in [-0.25, -0.2) is 4.98 Å². The fourth-order valence-corrected chi connectivity index (χ4v) is 3.39. The monoisotopic (exact) mass is 410 g/mol. The van der Waals surface area contributed by atoms with Gasteiger partial charge in [0.25, 0.3) is 5.91 Å². The molecule has 1 aromatic heterocycles. The van der Waals surface area contributed by atoms with Crippen molar-refractivity contribution in [2.75, 3.05) is 5.32 Å². The molecule has 4 aromatic rings. The van der Waals surface area contributed by atoms with Gasteiger partial charge >= 0.3 is 0 Å². The van der Waals surface area contributed by atoms with E-state index in [0.717, 1.165) is 16.6 Å². The molecule has 0 aliphatic heterocycles. The van der Waals surface area contributed by atoms with Crippen molar-refractivity contribution in [3.63, 3.8) is 0 Å². The Morgan fingerprint density at radius 2 is 1.68 bits per heavy atom. The molecule has 1 N–H and O–H groups in total. The van der Waals surface area contributed by atoms with Gasteiger partial charge in [-0.2, -0.15) is 0 Å². The molecule has 1 amide bonds. The number of fused-ring (bicyclic) bond motifs is 1. The first-order chi connectivity index (χ1) is 13.4. The molecule has 0 saturated heterocycles. The van der Waals surface area contributed by atoms with Crippen molar-refractivity contribution in [2.45, 2.75) is 13.8 Å². The van der Waals surface area contributed by atoms with Crippen LogP contribution in [0.15, 0.2) is 59.0 Å². The van der Waals surface area contributed by atoms with E-state index < -0.39 is 0 Å². The third-order valence-electron chi connectivity index (χ3n) is 4.37. The number of carbonyl (C=O) groups is 1. The first kappa shape index (κ1) is 18.5. The molecule has 0 radical (unpaired) electrons. The summed E-state index contributed by atoms with van der Waals surface area (Å²) in [6.45, 7) is 3.91. The lowest BCUT2D eigenvalue weighted by atomic mass is 10.1. The summed E-state index contributed by atoms with van der Waals surface area (Å²) >= 11 is 12.5. The number of anilines is 1. The maximum atomic E-state index is 12.6. The Kier molecular flexibility index (Phi) is 4.84. The first-order valence-corrected chi connectivity index (χ1v) is 9.41. The van der Waals surface area contributed by atoms with E-state index in [1.54, 1.807) is 30.3 Å². The number of hydrogen-bond donors (Lipinski definition) is 1. The highest BCUT2D eigenvalue weighted by molar-refractivity contribution is 6.36. The number of aromatic nitrogens is 1. The van der Waals surface area contributed by atoms with E-state index in [1.807, 2.05) is 38.1 Å². The van der Waals surface area contributed by atoms with Gasteiger partial charge in [0, 0.05) is 5.56 Å². The van der Waals surface area contributed by atoms with E-state index in [0.29, 0.717) is 38.3 Å². The van der Waals surface area contributed by atoms with Crippen molar-refractivity contribution in [3.8, 4) is 11.5 Å². The smallest absolute Gasteiger partial charge is 0.257 e. The third-order valence-corrected chi connectivity index (χ3v) is 5.02. The van der Waals surface area contributed by atoms with Crippen LogP contribution in [-0.4, -0.2) is 10.9 Å². The second-order valence-corrected chi connectivity index (χ2v) is 7.44. The molecule has 0 aliphatic rings. The fourth-order valence-electron chi connectivity index (χ4n) is 2.90. The molecule has 140 valence electrons. The van der Waals surface area contributed by atoms with Crippen LogP contribution in [-0.2, 0) is 0 Å². The standard InChI is InChI=1S/C22H16Cl2N2O2/c1-12-3-6-15(17(24)9-12)21(27)25-19-11-14(5-7-16(19)23)22-26-18-8-4-13(2)10-20(18)28-22/h3-11H,1-2H3,(H,25,27). The average Bonchev–Trinajstić information content (AvgIpc) is 3.06. The molecule has 6 heteroatoms. The van der Waals surface area contributed by atoms with Crippen LogP contribution in [0.25, 0.3) is 22.6 Å². The number of nitrogens with zero attached hydrogens (tertiary/aromatic N) is 1. The number of benzene rings is 3. The van der Waals surface area contributed by atoms with Crippen molar-refractivity contribution in [1.29, 1.82) is 0 Å². The third kappa shape index (κ3) is 3.61. The Morgan fingerprint density at radius 1 is 0.929 bits per heavy atom. The number of carbonyl (C=O) groups excluding carboxylic acids is 1. The van der Waals surface area contributed by atoms with E-state index in [2.05, 4.69) is 10.3 Å². The van der Waals surface area contributed by atoms with E-state index in [1.165, 1.54) is 0 Å². The van der Waals surface area contributed by atoms with Gasteiger partial charge in [0.05, 0.1) is 21.3 Å². The minimum Gasteiger partial charge on any atom is -0.436 e. The Hall–Kier alpha value is -2.82. The van der Waals surface area contributed by atoms with Gasteiger partial charge in [-0.1, -0.05) is 35.3 Å². The van der Waals surface area contributed by atoms with Gasteiger partial charge < -0.3 is 9.73 Å². The number of hydrogen-bond acceptors (Lipinski definition) is 3. The Labute approximate surface area is 172 Å². The zero-order chi connectivity index (χ0) is 19.8. The first-order valence-electron chi connectivity index (χ1n) is 8.65. The van der Waals surface area contributed by atoms with Crippen LogP contribution < -0.4 is 5.32 Å². The van der Waals surface area contributed by atoms with Gasteiger partial charge in [-0.3, -0.25) is 4.79 Å². The van der Waals surface area contributed by atoms with Crippen LogP contribution in [0.2, 0.25) is 10.0 Å². The molecule has 0 saturated carbocycles. The van der Waals surface area contributed by atoms with E-state index >= 15 is 0 Å². The Balaban J connectivity index is 1.67. The maximum Gasteiger partial charge on any atom is 0.257 e. The topological polar surface area (TPSA) is 55.1 Å². The molecule has 4 rings (SSSR count). The lowest BCUT2D eigenvalue weighted by Crippen LogP contribution is -2.13. The molecule has 0 spiro atoms. The summed E-state index contributed by atoms with van der Waals surface area (Å²) in [7, 11) is 0. The molecule has 3 aromatic carbocycles. The van der Waals surface area contributed by atoms with Crippen LogP contribution in [0.3, 0.4) is 0 Å². The van der Waals surface area contributed by atoms with Crippen LogP contribution >= 0.6 is 23.2 Å². The lowest BCUT2D eigenvalue weighted by molar-refractivity contribution is 0.102. The molecule has 0 bridgehead atoms. The highest BCUT2D eigenvalue weighted by atomic mass is 35.5. The van der Waals surface area contributed by atoms with E-state index in [4.69, 9.17) is 27.6 Å². The fraction of sp³-hybridized carbons (Fsp3) is 0.0909. The average molecular weight is 411 g/mol. The maximum absolute atomic E-state index is 12.6. The number of amides is 1. The lowest BCUT2D eigenvalue weighted by Gasteiger charge is -2.10. The Morgan fingerprint density at radius 3 is 2.46 bits per heavy atom. The van der Waals surface area contributed by atoms with Crippen molar-refractivity contribution in [3.05, 3.63) is 81.3 Å². The van der Waals surface area contributed by atoms with Crippen LogP contribution in [0.4, 0.5) is 5.69 Å². The quantitative estimate of drug-likeness (QED) is 0.410. The summed E-state index contributed by atoms with van der Waals surface area (Å²) in [5, 5.41) is 3.61. The minimum atomic E-state index is -0.336. The van der Waals surface area contributed by atoms with Crippen LogP contribution in [0.5, 0.6) is 0 Å². The molecule has 0 unspecified atom stereocenters. The zero-order valence-electron chi connectivity index (χ0n) is 15.2. The molecular weight excluding hydrogens is 395 g/mol. The molecule has 28 heavy (non-hydrogen) atoms. The van der Waals surface area contributed by atoms with Crippen molar-refractivity contribution in [1.82, 2.24) is 4.98 Å². The van der Waals surface area contributed by atoms with Crippen molar-refractivity contribution >= 4 is 45.9 Å². The highest BCUT2D eigenvalue weighted by Crippen LogP contribution is 2.31. The summed E-state index contributed by atoms with van der Waals surface area (Å²) < 4.78 is 5.86. The summed E-state index contributed by atoms with van der Waals surface area (Å²) in [5.41, 5.74) is 5.10. The number of nitrogens with one attached hydrogen (secondary N) is 1. The minimum absolute atomic E-state index is 0.336. The predicted octanol–water partition coefficient (Wildman–Crippen LogP) is 6.67. The molecule has 4 nitrogen and oxygen atoms in total. The summed E-state index contributed by atoms with van der Waals surface area (Å²) in [6, 6.07) is 16.3. The second kappa shape index (κ2) is 7.30. The van der Waals surface area contributed by atoms with E-state index in [-0.39, 0.29) is 5.91 Å². The molecular formula is C22H16Cl2N2O2. The number of oxazole rings is 1. The SMILES string of the molecule is Cc1ccc(C(=O)Nc2cc(-c3nc4ccc(C)cc4o3)ccc2Cl)c(Cl)c1. The van der Waals surface area contributed by atoms with Gasteiger partial charge in [-0.05, 0) is 67.4 Å². The molecule has 0 aliphatic carbocycles. The van der Waals surface area contributed by atoms with Crippen molar-refractivity contribution < 1.29 is 9.21 Å². The largest absolute Gasteiger partial charge is 0.436 e. The second-order valence-electron chi connectivity index (χ2n) is 6.62. The summed E-state index contributed by atoms with van der Waals surface area (Å²) in [4.78, 5) is 17.1. The number of aryl methyl sites for hydroxylation is 2. The highest BCUT2D eigenvalue weighted by Gasteiger charge is 2.15.